The number of aryl methyl sites for hydroxylation is 2. The lowest BCUT2D eigenvalue weighted by molar-refractivity contribution is 0.646. The van der Waals surface area contributed by atoms with Crippen LogP contribution in [0.5, 0.6) is 0 Å². The smallest absolute Gasteiger partial charge is 0.192 e. The molecule has 0 spiro atoms. The molecule has 0 fully saturated rings. The lowest BCUT2D eigenvalue weighted by Crippen LogP contribution is -2.21. The van der Waals surface area contributed by atoms with Crippen LogP contribution < -0.4 is 5.73 Å². The van der Waals surface area contributed by atoms with Gasteiger partial charge < -0.3 is 5.73 Å². The maximum atomic E-state index is 6.01. The molecule has 1 heterocycles. The van der Waals surface area contributed by atoms with Gasteiger partial charge in [-0.3, -0.25) is 0 Å². The Morgan fingerprint density at radius 2 is 1.90 bits per heavy atom. The van der Waals surface area contributed by atoms with Crippen LogP contribution in [0.25, 0.3) is 0 Å². The third kappa shape index (κ3) is 4.05. The maximum Gasteiger partial charge on any atom is 0.192 e. The monoisotopic (exact) mass is 287 g/mol. The Balaban J connectivity index is 2.11. The zero-order valence-electron chi connectivity index (χ0n) is 12.3. The third-order valence-corrected chi connectivity index (χ3v) is 4.29. The Bertz CT molecular complexity index is 566. The van der Waals surface area contributed by atoms with Gasteiger partial charge in [0.15, 0.2) is 5.16 Å². The molecule has 20 heavy (non-hydrogen) atoms. The fraction of sp³-hybridized carbons (Fsp3) is 0.375. The Morgan fingerprint density at radius 1 is 1.20 bits per heavy atom. The normalized spacial score (nSPS) is 12.4. The summed E-state index contributed by atoms with van der Waals surface area (Å²) in [7, 11) is 0. The fourth-order valence-electron chi connectivity index (χ4n) is 1.93. The lowest BCUT2D eigenvalue weighted by atomic mass is 10.0. The van der Waals surface area contributed by atoms with E-state index in [-0.39, 0.29) is 6.04 Å². The van der Waals surface area contributed by atoms with Crippen molar-refractivity contribution in [1.29, 1.82) is 0 Å². The Morgan fingerprint density at radius 3 is 2.50 bits per heavy atom. The van der Waals surface area contributed by atoms with Gasteiger partial charge in [-0.25, -0.2) is 9.97 Å². The molecule has 0 aliphatic rings. The van der Waals surface area contributed by atoms with Gasteiger partial charge in [0.1, 0.15) is 0 Å². The zero-order chi connectivity index (χ0) is 14.5. The van der Waals surface area contributed by atoms with Crippen molar-refractivity contribution in [2.75, 3.05) is 0 Å². The van der Waals surface area contributed by atoms with Crippen molar-refractivity contribution < 1.29 is 0 Å². The first-order chi connectivity index (χ1) is 9.58. The summed E-state index contributed by atoms with van der Waals surface area (Å²) in [5.74, 6) is 0. The average molecular weight is 287 g/mol. The van der Waals surface area contributed by atoms with Gasteiger partial charge in [0.2, 0.25) is 0 Å². The van der Waals surface area contributed by atoms with Gasteiger partial charge >= 0.3 is 0 Å². The van der Waals surface area contributed by atoms with Crippen molar-refractivity contribution in [3.05, 3.63) is 47.3 Å². The van der Waals surface area contributed by atoms with E-state index in [4.69, 9.17) is 5.73 Å². The molecule has 2 rings (SSSR count). The number of benzene rings is 1. The number of nitrogens with two attached hydrogens (primary N) is 1. The first-order valence-corrected chi connectivity index (χ1v) is 7.71. The molecule has 0 saturated heterocycles. The van der Waals surface area contributed by atoms with Gasteiger partial charge in [-0.15, -0.1) is 0 Å². The first-order valence-electron chi connectivity index (χ1n) is 6.90. The van der Waals surface area contributed by atoms with E-state index in [0.717, 1.165) is 23.6 Å². The second-order valence-electron chi connectivity index (χ2n) is 5.12. The summed E-state index contributed by atoms with van der Waals surface area (Å²) in [5.41, 5.74) is 9.63. The van der Waals surface area contributed by atoms with Crippen LogP contribution in [0.3, 0.4) is 0 Å². The van der Waals surface area contributed by atoms with Crippen LogP contribution in [-0.2, 0) is 6.42 Å². The molecule has 2 N–H and O–H groups in total. The summed E-state index contributed by atoms with van der Waals surface area (Å²) in [6, 6.07) is 6.75. The molecule has 1 unspecified atom stereocenters. The molecule has 2 aromatic rings. The zero-order valence-corrected chi connectivity index (χ0v) is 13.1. The van der Waals surface area contributed by atoms with Gasteiger partial charge in [0.25, 0.3) is 0 Å². The van der Waals surface area contributed by atoms with E-state index in [1.807, 2.05) is 19.3 Å². The molecule has 1 atom stereocenters. The molecule has 0 aliphatic heterocycles. The molecule has 0 bridgehead atoms. The standard InChI is InChI=1S/C16H21N3S/c1-4-14(17)8-13-5-6-15(12(3)7-13)20-16-18-9-11(2)10-19-16/h5-7,9-10,14H,4,8,17H2,1-3H3. The highest BCUT2D eigenvalue weighted by Gasteiger charge is 2.07. The maximum absolute atomic E-state index is 6.01. The highest BCUT2D eigenvalue weighted by Crippen LogP contribution is 2.28. The molecule has 1 aromatic heterocycles. The lowest BCUT2D eigenvalue weighted by Gasteiger charge is -2.11. The minimum absolute atomic E-state index is 0.244. The van der Waals surface area contributed by atoms with Crippen molar-refractivity contribution in [3.8, 4) is 0 Å². The number of aromatic nitrogens is 2. The van der Waals surface area contributed by atoms with E-state index in [1.54, 1.807) is 11.8 Å². The number of hydrogen-bond acceptors (Lipinski definition) is 4. The van der Waals surface area contributed by atoms with Crippen LogP contribution in [0.2, 0.25) is 0 Å². The van der Waals surface area contributed by atoms with Gasteiger partial charge in [0.05, 0.1) is 0 Å². The predicted molar refractivity (Wildman–Crippen MR) is 84.0 cm³/mol. The largest absolute Gasteiger partial charge is 0.327 e. The number of rotatable bonds is 5. The highest BCUT2D eigenvalue weighted by molar-refractivity contribution is 7.99. The fourth-order valence-corrected chi connectivity index (χ4v) is 2.70. The molecule has 0 saturated carbocycles. The summed E-state index contributed by atoms with van der Waals surface area (Å²) >= 11 is 1.60. The van der Waals surface area contributed by atoms with Crippen LogP contribution in [0.4, 0.5) is 0 Å². The summed E-state index contributed by atoms with van der Waals surface area (Å²) in [6.07, 6.45) is 5.63. The summed E-state index contributed by atoms with van der Waals surface area (Å²) in [5, 5.41) is 0.789. The van der Waals surface area contributed by atoms with E-state index in [9.17, 15) is 0 Å². The van der Waals surface area contributed by atoms with Crippen LogP contribution in [-0.4, -0.2) is 16.0 Å². The van der Waals surface area contributed by atoms with Gasteiger partial charge in [-0.1, -0.05) is 19.1 Å². The Labute approximate surface area is 125 Å². The van der Waals surface area contributed by atoms with E-state index < -0.39 is 0 Å². The molecule has 0 amide bonds. The van der Waals surface area contributed by atoms with Crippen LogP contribution in [0, 0.1) is 13.8 Å². The van der Waals surface area contributed by atoms with Crippen molar-refractivity contribution in [2.24, 2.45) is 5.73 Å². The van der Waals surface area contributed by atoms with Crippen molar-refractivity contribution in [2.45, 2.75) is 49.7 Å². The van der Waals surface area contributed by atoms with Crippen LogP contribution in [0.1, 0.15) is 30.0 Å². The minimum atomic E-state index is 0.244. The molecular weight excluding hydrogens is 266 g/mol. The van der Waals surface area contributed by atoms with Crippen molar-refractivity contribution in [1.82, 2.24) is 9.97 Å². The van der Waals surface area contributed by atoms with Crippen molar-refractivity contribution in [3.63, 3.8) is 0 Å². The van der Waals surface area contributed by atoms with E-state index >= 15 is 0 Å². The van der Waals surface area contributed by atoms with E-state index in [1.165, 1.54) is 16.0 Å². The molecule has 106 valence electrons. The number of hydrogen-bond donors (Lipinski definition) is 1. The SMILES string of the molecule is CCC(N)Cc1ccc(Sc2ncc(C)cn2)c(C)c1. The molecule has 1 aromatic carbocycles. The molecule has 3 nitrogen and oxygen atoms in total. The summed E-state index contributed by atoms with van der Waals surface area (Å²) in [4.78, 5) is 9.86. The van der Waals surface area contributed by atoms with Gasteiger partial charge in [-0.05, 0) is 61.2 Å². The van der Waals surface area contributed by atoms with Gasteiger partial charge in [-0.2, -0.15) is 0 Å². The van der Waals surface area contributed by atoms with E-state index in [0.29, 0.717) is 0 Å². The molecule has 4 heteroatoms. The molecule has 0 radical (unpaired) electrons. The third-order valence-electron chi connectivity index (χ3n) is 3.22. The second-order valence-corrected chi connectivity index (χ2v) is 6.13. The Hall–Kier alpha value is -1.39. The summed E-state index contributed by atoms with van der Waals surface area (Å²) < 4.78 is 0. The predicted octanol–water partition coefficient (Wildman–Crippen LogP) is 3.52. The minimum Gasteiger partial charge on any atom is -0.327 e. The topological polar surface area (TPSA) is 51.8 Å². The second kappa shape index (κ2) is 6.86. The van der Waals surface area contributed by atoms with Crippen LogP contribution in [0.15, 0.2) is 40.6 Å². The van der Waals surface area contributed by atoms with Crippen LogP contribution >= 0.6 is 11.8 Å². The summed E-state index contributed by atoms with van der Waals surface area (Å²) in [6.45, 7) is 6.24. The molecule has 0 aliphatic carbocycles. The number of nitrogens with zero attached hydrogens (tertiary/aromatic N) is 2. The quantitative estimate of drug-likeness (QED) is 0.855. The van der Waals surface area contributed by atoms with Gasteiger partial charge in [0, 0.05) is 23.3 Å². The first kappa shape index (κ1) is 15.0. The molecular formula is C16H21N3S. The average Bonchev–Trinajstić information content (AvgIpc) is 2.44. The Kier molecular flexibility index (Phi) is 5.15. The van der Waals surface area contributed by atoms with E-state index in [2.05, 4.69) is 42.0 Å². The van der Waals surface area contributed by atoms with Crippen molar-refractivity contribution >= 4 is 11.8 Å². The highest BCUT2D eigenvalue weighted by atomic mass is 32.2.